The molecule has 0 radical (unpaired) electrons. The normalized spacial score (nSPS) is 15.5. The van der Waals surface area contributed by atoms with Crippen LogP contribution in [0.25, 0.3) is 0 Å². The zero-order chi connectivity index (χ0) is 19.6. The van der Waals surface area contributed by atoms with E-state index in [1.165, 1.54) is 13.8 Å². The predicted molar refractivity (Wildman–Crippen MR) is 71.4 cm³/mol. The van der Waals surface area contributed by atoms with Crippen LogP contribution in [0.15, 0.2) is 0 Å². The first kappa shape index (κ1) is 23.1. The number of carbonyl (C=O) groups is 1. The molecule has 0 aromatic carbocycles. The van der Waals surface area contributed by atoms with Crippen molar-refractivity contribution in [3.63, 3.8) is 0 Å². The van der Waals surface area contributed by atoms with Crippen molar-refractivity contribution in [3.8, 4) is 0 Å². The summed E-state index contributed by atoms with van der Waals surface area (Å²) in [5.74, 6) is -7.71. The number of rotatable bonds is 9. The van der Waals surface area contributed by atoms with E-state index in [0.717, 1.165) is 0 Å². The highest BCUT2D eigenvalue weighted by Crippen LogP contribution is 2.48. The summed E-state index contributed by atoms with van der Waals surface area (Å²) in [4.78, 5) is 11.1. The highest BCUT2D eigenvalue weighted by molar-refractivity contribution is 6.73. The molecule has 0 spiro atoms. The lowest BCUT2D eigenvalue weighted by Crippen LogP contribution is -2.66. The number of halogens is 7. The quantitative estimate of drug-likeness (QED) is 0.344. The molecule has 0 aromatic rings. The summed E-state index contributed by atoms with van der Waals surface area (Å²) < 4.78 is 107. The average Bonchev–Trinajstić information content (AvgIpc) is 2.43. The SMILES string of the molecule is CO[Si](C)(C)C(F)(F)C(F)(F)C(F)C(F)(F)OC(=O)COC(C)C. The van der Waals surface area contributed by atoms with E-state index in [2.05, 4.69) is 13.9 Å². The van der Waals surface area contributed by atoms with Gasteiger partial charge in [0.2, 0.25) is 0 Å². The molecule has 0 saturated carbocycles. The lowest BCUT2D eigenvalue weighted by Gasteiger charge is -2.38. The molecule has 0 aliphatic rings. The van der Waals surface area contributed by atoms with Crippen molar-refractivity contribution in [2.24, 2.45) is 0 Å². The van der Waals surface area contributed by atoms with Gasteiger partial charge in [0.05, 0.1) is 6.10 Å². The average molecular weight is 388 g/mol. The van der Waals surface area contributed by atoms with E-state index in [9.17, 15) is 35.5 Å². The number of hydrogen-bond acceptors (Lipinski definition) is 4. The minimum Gasteiger partial charge on any atom is -0.413 e. The van der Waals surface area contributed by atoms with Crippen LogP contribution in [0.3, 0.4) is 0 Å². The first-order chi connectivity index (χ1) is 10.5. The maximum atomic E-state index is 13.8. The van der Waals surface area contributed by atoms with Crippen LogP contribution in [0.5, 0.6) is 0 Å². The number of hydrogen-bond donors (Lipinski definition) is 0. The molecule has 0 aliphatic carbocycles. The van der Waals surface area contributed by atoms with Gasteiger partial charge in [-0.3, -0.25) is 0 Å². The second kappa shape index (κ2) is 7.56. The summed E-state index contributed by atoms with van der Waals surface area (Å²) in [6.07, 6.45) is -10.8. The molecule has 0 bridgehead atoms. The van der Waals surface area contributed by atoms with Crippen LogP contribution in [0, 0.1) is 0 Å². The molecule has 4 nitrogen and oxygen atoms in total. The van der Waals surface area contributed by atoms with E-state index in [-0.39, 0.29) is 0 Å². The summed E-state index contributed by atoms with van der Waals surface area (Å²) >= 11 is 0. The van der Waals surface area contributed by atoms with Gasteiger partial charge < -0.3 is 13.9 Å². The predicted octanol–water partition coefficient (Wildman–Crippen LogP) is 3.55. The first-order valence-corrected chi connectivity index (χ1v) is 9.60. The van der Waals surface area contributed by atoms with Gasteiger partial charge in [-0.05, 0) is 26.9 Å². The van der Waals surface area contributed by atoms with Crippen LogP contribution in [-0.4, -0.2) is 57.9 Å². The molecule has 24 heavy (non-hydrogen) atoms. The molecule has 0 N–H and O–H groups in total. The summed E-state index contributed by atoms with van der Waals surface area (Å²) in [7, 11) is -3.89. The lowest BCUT2D eigenvalue weighted by atomic mass is 10.2. The second-order valence-corrected chi connectivity index (χ2v) is 9.73. The fourth-order valence-electron chi connectivity index (χ4n) is 1.37. The molecule has 0 heterocycles. The molecule has 0 rings (SSSR count). The Hall–Kier alpha value is -0.883. The summed E-state index contributed by atoms with van der Waals surface area (Å²) in [5.41, 5.74) is -5.20. The topological polar surface area (TPSA) is 44.8 Å². The van der Waals surface area contributed by atoms with Crippen molar-refractivity contribution in [2.75, 3.05) is 13.7 Å². The Labute approximate surface area is 135 Å². The van der Waals surface area contributed by atoms with Gasteiger partial charge in [0.25, 0.3) is 14.5 Å². The van der Waals surface area contributed by atoms with Crippen molar-refractivity contribution < 1.29 is 49.4 Å². The van der Waals surface area contributed by atoms with E-state index in [0.29, 0.717) is 20.2 Å². The smallest absolute Gasteiger partial charge is 0.413 e. The van der Waals surface area contributed by atoms with Crippen molar-refractivity contribution in [2.45, 2.75) is 56.8 Å². The maximum Gasteiger partial charge on any atom is 0.438 e. The highest BCUT2D eigenvalue weighted by Gasteiger charge is 2.76. The summed E-state index contributed by atoms with van der Waals surface area (Å²) in [6.45, 7) is 2.98. The number of alkyl halides is 7. The number of ether oxygens (including phenoxy) is 2. The van der Waals surface area contributed by atoms with E-state index in [1.807, 2.05) is 0 Å². The second-order valence-electron chi connectivity index (χ2n) is 5.67. The Morgan fingerprint density at radius 1 is 1.08 bits per heavy atom. The monoisotopic (exact) mass is 388 g/mol. The number of carbonyl (C=O) groups excluding carboxylic acids is 1. The van der Waals surface area contributed by atoms with Crippen LogP contribution < -0.4 is 0 Å². The third kappa shape index (κ3) is 4.82. The van der Waals surface area contributed by atoms with Gasteiger partial charge in [0, 0.05) is 7.11 Å². The Balaban J connectivity index is 5.33. The van der Waals surface area contributed by atoms with Crippen molar-refractivity contribution in [1.82, 2.24) is 0 Å². The first-order valence-electron chi connectivity index (χ1n) is 6.69. The van der Waals surface area contributed by atoms with Crippen LogP contribution >= 0.6 is 0 Å². The fraction of sp³-hybridized carbons (Fsp3) is 0.917. The van der Waals surface area contributed by atoms with Gasteiger partial charge in [-0.15, -0.1) is 0 Å². The molecule has 0 amide bonds. The molecule has 0 aliphatic heterocycles. The van der Waals surface area contributed by atoms with Crippen molar-refractivity contribution in [1.29, 1.82) is 0 Å². The van der Waals surface area contributed by atoms with Gasteiger partial charge in [0.15, 0.2) is 0 Å². The van der Waals surface area contributed by atoms with E-state index in [1.54, 1.807) is 0 Å². The third-order valence-corrected chi connectivity index (χ3v) is 5.95. The van der Waals surface area contributed by atoms with Gasteiger partial charge in [-0.2, -0.15) is 17.6 Å². The lowest BCUT2D eigenvalue weighted by molar-refractivity contribution is -0.323. The zero-order valence-corrected chi connectivity index (χ0v) is 14.6. The van der Waals surface area contributed by atoms with Gasteiger partial charge >= 0.3 is 23.5 Å². The molecule has 0 saturated heterocycles. The van der Waals surface area contributed by atoms with Gasteiger partial charge in [-0.1, -0.05) is 0 Å². The highest BCUT2D eigenvalue weighted by atomic mass is 28.4. The third-order valence-electron chi connectivity index (χ3n) is 3.08. The van der Waals surface area contributed by atoms with Crippen LogP contribution in [0.4, 0.5) is 30.7 Å². The molecule has 1 atom stereocenters. The Morgan fingerprint density at radius 3 is 1.92 bits per heavy atom. The largest absolute Gasteiger partial charge is 0.438 e. The van der Waals surface area contributed by atoms with E-state index in [4.69, 9.17) is 0 Å². The minimum atomic E-state index is -5.83. The molecule has 144 valence electrons. The van der Waals surface area contributed by atoms with Crippen molar-refractivity contribution >= 4 is 14.3 Å². The van der Waals surface area contributed by atoms with E-state index >= 15 is 0 Å². The molecule has 0 aromatic heterocycles. The van der Waals surface area contributed by atoms with Crippen molar-refractivity contribution in [3.05, 3.63) is 0 Å². The van der Waals surface area contributed by atoms with E-state index < -0.39 is 50.7 Å². The number of esters is 1. The minimum absolute atomic E-state index is 0.591. The summed E-state index contributed by atoms with van der Waals surface area (Å²) in [5, 5.41) is 0. The Kier molecular flexibility index (Phi) is 7.28. The van der Waals surface area contributed by atoms with Crippen LogP contribution in [0.2, 0.25) is 13.1 Å². The molecular formula is C12H19F7O4Si. The van der Waals surface area contributed by atoms with Gasteiger partial charge in [-0.25, -0.2) is 18.0 Å². The fourth-order valence-corrected chi connectivity index (χ4v) is 2.55. The van der Waals surface area contributed by atoms with Crippen LogP contribution in [-0.2, 0) is 18.7 Å². The Bertz CT molecular complexity index is 443. The molecular weight excluding hydrogens is 369 g/mol. The van der Waals surface area contributed by atoms with Crippen LogP contribution in [0.1, 0.15) is 13.8 Å². The van der Waals surface area contributed by atoms with Gasteiger partial charge in [0.1, 0.15) is 6.61 Å². The summed E-state index contributed by atoms with van der Waals surface area (Å²) in [6, 6.07) is 0. The molecule has 12 heteroatoms. The Morgan fingerprint density at radius 2 is 1.54 bits per heavy atom. The molecule has 0 fully saturated rings. The zero-order valence-electron chi connectivity index (χ0n) is 13.6. The standard InChI is InChI=1S/C12H19F7O4Si/c1-7(2)22-6-8(20)23-11(16,17)9(13)10(14,15)12(18,19)24(4,5)21-3/h7,9H,6H2,1-5H3. The maximum absolute atomic E-state index is 13.8. The molecule has 1 unspecified atom stereocenters.